The first kappa shape index (κ1) is 18.3. The molecule has 1 N–H and O–H groups in total. The molecule has 0 saturated carbocycles. The van der Waals surface area contributed by atoms with Crippen molar-refractivity contribution in [2.45, 2.75) is 6.92 Å². The van der Waals surface area contributed by atoms with E-state index in [0.29, 0.717) is 9.99 Å². The van der Waals surface area contributed by atoms with Gasteiger partial charge in [-0.15, -0.1) is 0 Å². The Labute approximate surface area is 154 Å². The molecule has 1 heterocycles. The van der Waals surface area contributed by atoms with Crippen molar-refractivity contribution in [2.75, 3.05) is 15.4 Å². The highest BCUT2D eigenvalue weighted by Gasteiger charge is 2.42. The van der Waals surface area contributed by atoms with Crippen LogP contribution in [-0.2, 0) is 14.8 Å². The number of hydrogen-bond acceptors (Lipinski definition) is 4. The summed E-state index contributed by atoms with van der Waals surface area (Å²) in [6.07, 6.45) is 0. The summed E-state index contributed by atoms with van der Waals surface area (Å²) in [5, 5.41) is 2.63. The lowest BCUT2D eigenvalue weighted by molar-refractivity contribution is -0.119. The van der Waals surface area contributed by atoms with E-state index < -0.39 is 33.6 Å². The molecule has 26 heavy (non-hydrogen) atoms. The standard InChI is InChI=1S/C17H14ClFN2O4S/c1-10-9-26(24,25)21(17(10)23)13-6-7-15(18)14(8-13)16(22)20-12-4-2-11(19)3-5-12/h2-8,10H,9H2,1H3,(H,20,22). The lowest BCUT2D eigenvalue weighted by Gasteiger charge is -2.17. The van der Waals surface area contributed by atoms with Gasteiger partial charge in [0.2, 0.25) is 15.9 Å². The fourth-order valence-electron chi connectivity index (χ4n) is 2.63. The number of amides is 2. The average molecular weight is 397 g/mol. The van der Waals surface area contributed by atoms with Crippen molar-refractivity contribution in [3.63, 3.8) is 0 Å². The third kappa shape index (κ3) is 3.42. The van der Waals surface area contributed by atoms with E-state index in [0.717, 1.165) is 0 Å². The molecule has 0 radical (unpaired) electrons. The first-order chi connectivity index (χ1) is 12.2. The molecule has 2 aromatic rings. The summed E-state index contributed by atoms with van der Waals surface area (Å²) in [4.78, 5) is 24.6. The zero-order valence-corrected chi connectivity index (χ0v) is 15.1. The second kappa shape index (κ2) is 6.69. The largest absolute Gasteiger partial charge is 0.322 e. The van der Waals surface area contributed by atoms with Gasteiger partial charge in [-0.3, -0.25) is 9.59 Å². The summed E-state index contributed by atoms with van der Waals surface area (Å²) in [5.41, 5.74) is 0.389. The number of halogens is 2. The molecule has 6 nitrogen and oxygen atoms in total. The maximum Gasteiger partial charge on any atom is 0.257 e. The number of sulfonamides is 1. The minimum Gasteiger partial charge on any atom is -0.322 e. The molecule has 2 aromatic carbocycles. The summed E-state index contributed by atoms with van der Waals surface area (Å²) >= 11 is 6.05. The predicted molar refractivity (Wildman–Crippen MR) is 96.2 cm³/mol. The first-order valence-electron chi connectivity index (χ1n) is 7.62. The highest BCUT2D eigenvalue weighted by molar-refractivity contribution is 7.94. The van der Waals surface area contributed by atoms with Crippen LogP contribution in [0.4, 0.5) is 15.8 Å². The molecule has 0 aromatic heterocycles. The molecule has 1 aliphatic heterocycles. The van der Waals surface area contributed by atoms with Crippen LogP contribution in [0.2, 0.25) is 5.02 Å². The van der Waals surface area contributed by atoms with Gasteiger partial charge >= 0.3 is 0 Å². The third-order valence-electron chi connectivity index (χ3n) is 3.89. The Morgan fingerprint density at radius 1 is 1.23 bits per heavy atom. The Bertz CT molecular complexity index is 992. The zero-order chi connectivity index (χ0) is 19.1. The van der Waals surface area contributed by atoms with Crippen molar-refractivity contribution in [1.82, 2.24) is 0 Å². The van der Waals surface area contributed by atoms with Crippen LogP contribution in [0.25, 0.3) is 0 Å². The van der Waals surface area contributed by atoms with Crippen LogP contribution in [-0.4, -0.2) is 26.0 Å². The number of carbonyl (C=O) groups excluding carboxylic acids is 2. The number of rotatable bonds is 3. The van der Waals surface area contributed by atoms with E-state index >= 15 is 0 Å². The van der Waals surface area contributed by atoms with Crippen molar-refractivity contribution in [3.05, 3.63) is 58.9 Å². The minimum absolute atomic E-state index is 0.00366. The lowest BCUT2D eigenvalue weighted by Crippen LogP contribution is -2.30. The average Bonchev–Trinajstić information content (AvgIpc) is 2.78. The van der Waals surface area contributed by atoms with Crippen LogP contribution in [0.1, 0.15) is 17.3 Å². The first-order valence-corrected chi connectivity index (χ1v) is 9.61. The van der Waals surface area contributed by atoms with Crippen LogP contribution in [0, 0.1) is 11.7 Å². The quantitative estimate of drug-likeness (QED) is 0.864. The molecule has 2 amide bonds. The molecule has 1 saturated heterocycles. The molecule has 3 rings (SSSR count). The molecule has 1 unspecified atom stereocenters. The number of carbonyl (C=O) groups is 2. The maximum absolute atomic E-state index is 12.9. The van der Waals surface area contributed by atoms with Gasteiger partial charge in [0.25, 0.3) is 5.91 Å². The maximum atomic E-state index is 12.9. The molecule has 0 aliphatic carbocycles. The highest BCUT2D eigenvalue weighted by Crippen LogP contribution is 2.31. The van der Waals surface area contributed by atoms with Crippen molar-refractivity contribution < 1.29 is 22.4 Å². The summed E-state index contributed by atoms with van der Waals surface area (Å²) in [5.74, 6) is -2.56. The molecule has 136 valence electrons. The normalized spacial score (nSPS) is 18.8. The monoisotopic (exact) mass is 396 g/mol. The van der Waals surface area contributed by atoms with E-state index in [1.165, 1.54) is 49.4 Å². The second-order valence-corrected chi connectivity index (χ2v) is 8.18. The molecule has 1 aliphatic rings. The lowest BCUT2D eigenvalue weighted by atomic mass is 10.1. The number of benzene rings is 2. The fraction of sp³-hybridized carbons (Fsp3) is 0.176. The van der Waals surface area contributed by atoms with E-state index in [4.69, 9.17) is 11.6 Å². The molecule has 1 fully saturated rings. The van der Waals surface area contributed by atoms with Gasteiger partial charge in [-0.25, -0.2) is 17.1 Å². The van der Waals surface area contributed by atoms with E-state index in [2.05, 4.69) is 5.32 Å². The van der Waals surface area contributed by atoms with Gasteiger partial charge in [0, 0.05) is 5.69 Å². The van der Waals surface area contributed by atoms with Crippen LogP contribution < -0.4 is 9.62 Å². The van der Waals surface area contributed by atoms with Gasteiger partial charge in [0.15, 0.2) is 0 Å². The van der Waals surface area contributed by atoms with Crippen molar-refractivity contribution >= 4 is 44.8 Å². The number of anilines is 2. The van der Waals surface area contributed by atoms with E-state index in [1.807, 2.05) is 0 Å². The van der Waals surface area contributed by atoms with Gasteiger partial charge in [-0.1, -0.05) is 18.5 Å². The zero-order valence-electron chi connectivity index (χ0n) is 13.6. The fourth-order valence-corrected chi connectivity index (χ4v) is 4.65. The van der Waals surface area contributed by atoms with Crippen molar-refractivity contribution in [2.24, 2.45) is 5.92 Å². The summed E-state index contributed by atoms with van der Waals surface area (Å²) < 4.78 is 38.1. The number of nitrogens with one attached hydrogen (secondary N) is 1. The van der Waals surface area contributed by atoms with Gasteiger partial charge in [-0.2, -0.15) is 0 Å². The Morgan fingerprint density at radius 2 is 1.88 bits per heavy atom. The molecular formula is C17H14ClFN2O4S. The van der Waals surface area contributed by atoms with Crippen LogP contribution in [0.15, 0.2) is 42.5 Å². The Morgan fingerprint density at radius 3 is 2.46 bits per heavy atom. The molecule has 1 atom stereocenters. The van der Waals surface area contributed by atoms with E-state index in [9.17, 15) is 22.4 Å². The van der Waals surface area contributed by atoms with Crippen LogP contribution in [0.3, 0.4) is 0 Å². The predicted octanol–water partition coefficient (Wildman–Crippen LogP) is 3.04. The minimum atomic E-state index is -3.79. The topological polar surface area (TPSA) is 83.6 Å². The number of nitrogens with zero attached hydrogens (tertiary/aromatic N) is 1. The number of hydrogen-bond donors (Lipinski definition) is 1. The smallest absolute Gasteiger partial charge is 0.257 e. The van der Waals surface area contributed by atoms with Gasteiger partial charge in [0.1, 0.15) is 5.82 Å². The summed E-state index contributed by atoms with van der Waals surface area (Å²) in [6.45, 7) is 1.53. The second-order valence-electron chi connectivity index (χ2n) is 5.91. The van der Waals surface area contributed by atoms with Gasteiger partial charge in [-0.05, 0) is 42.5 Å². The summed E-state index contributed by atoms with van der Waals surface area (Å²) in [6, 6.07) is 9.08. The van der Waals surface area contributed by atoms with Crippen molar-refractivity contribution in [1.29, 1.82) is 0 Å². The van der Waals surface area contributed by atoms with Crippen LogP contribution >= 0.6 is 11.6 Å². The van der Waals surface area contributed by atoms with Crippen molar-refractivity contribution in [3.8, 4) is 0 Å². The molecule has 0 spiro atoms. The van der Waals surface area contributed by atoms with Gasteiger partial charge < -0.3 is 5.32 Å². The molecule has 0 bridgehead atoms. The Hall–Kier alpha value is -2.45. The molecule has 9 heteroatoms. The summed E-state index contributed by atoms with van der Waals surface area (Å²) in [7, 11) is -3.79. The van der Waals surface area contributed by atoms with Crippen LogP contribution in [0.5, 0.6) is 0 Å². The highest BCUT2D eigenvalue weighted by atomic mass is 35.5. The molecular weight excluding hydrogens is 383 g/mol. The SMILES string of the molecule is CC1CS(=O)(=O)N(c2ccc(Cl)c(C(=O)Nc3ccc(F)cc3)c2)C1=O. The van der Waals surface area contributed by atoms with E-state index in [1.54, 1.807) is 0 Å². The Kier molecular flexibility index (Phi) is 4.72. The third-order valence-corrected chi connectivity index (χ3v) is 6.09. The Balaban J connectivity index is 1.94. The van der Waals surface area contributed by atoms with Gasteiger partial charge in [0.05, 0.1) is 27.9 Å². The van der Waals surface area contributed by atoms with E-state index in [-0.39, 0.29) is 22.0 Å².